The number of benzene rings is 1. The minimum Gasteiger partial charge on any atom is -0.481 e. The molecule has 0 saturated heterocycles. The van der Waals surface area contributed by atoms with Gasteiger partial charge in [-0.15, -0.1) is 0 Å². The molecule has 19 heavy (non-hydrogen) atoms. The van der Waals surface area contributed by atoms with E-state index in [2.05, 4.69) is 5.10 Å². The number of carbonyl (C=O) groups is 1. The van der Waals surface area contributed by atoms with Crippen LogP contribution in [0.5, 0.6) is 0 Å². The molecule has 0 aliphatic rings. The summed E-state index contributed by atoms with van der Waals surface area (Å²) in [4.78, 5) is 10.5. The van der Waals surface area contributed by atoms with Crippen LogP contribution in [0, 0.1) is 5.82 Å². The van der Waals surface area contributed by atoms with Crippen LogP contribution in [-0.4, -0.2) is 26.0 Å². The fraction of sp³-hybridized carbons (Fsp3) is 0.231. The average molecular weight is 264 g/mol. The van der Waals surface area contributed by atoms with E-state index in [4.69, 9.17) is 5.11 Å². The van der Waals surface area contributed by atoms with Gasteiger partial charge in [0.1, 0.15) is 5.82 Å². The first kappa shape index (κ1) is 13.2. The third-order valence-corrected chi connectivity index (χ3v) is 2.68. The zero-order valence-electron chi connectivity index (χ0n) is 10.1. The van der Waals surface area contributed by atoms with Gasteiger partial charge in [0.2, 0.25) is 0 Å². The number of carboxylic acids is 1. The highest BCUT2D eigenvalue weighted by Crippen LogP contribution is 2.22. The van der Waals surface area contributed by atoms with Crippen LogP contribution in [0.2, 0.25) is 0 Å². The van der Waals surface area contributed by atoms with Gasteiger partial charge in [0, 0.05) is 17.3 Å². The van der Waals surface area contributed by atoms with Crippen molar-refractivity contribution in [1.82, 2.24) is 9.78 Å². The molecule has 1 heterocycles. The standard InChI is InChI=1S/C13H13FN2O3/c14-11-3-1-9(2-4-11)13-10(8-17)7-16(15-13)6-5-12(18)19/h1-4,7,17H,5-6,8H2,(H,18,19). The Bertz CT molecular complexity index is 578. The molecule has 0 spiro atoms. The molecule has 0 bridgehead atoms. The van der Waals surface area contributed by atoms with Crippen LogP contribution >= 0.6 is 0 Å². The van der Waals surface area contributed by atoms with Crippen LogP contribution in [0.3, 0.4) is 0 Å². The van der Waals surface area contributed by atoms with E-state index in [-0.39, 0.29) is 25.4 Å². The highest BCUT2D eigenvalue weighted by atomic mass is 19.1. The number of rotatable bonds is 5. The number of aromatic nitrogens is 2. The third kappa shape index (κ3) is 3.17. The number of aryl methyl sites for hydroxylation is 1. The molecule has 5 nitrogen and oxygen atoms in total. The third-order valence-electron chi connectivity index (χ3n) is 2.68. The zero-order valence-corrected chi connectivity index (χ0v) is 10.1. The Kier molecular flexibility index (Phi) is 3.91. The highest BCUT2D eigenvalue weighted by molar-refractivity contribution is 5.66. The molecule has 2 N–H and O–H groups in total. The van der Waals surface area contributed by atoms with Gasteiger partial charge in [0.05, 0.1) is 25.3 Å². The van der Waals surface area contributed by atoms with Crippen molar-refractivity contribution in [3.8, 4) is 11.3 Å². The number of aliphatic hydroxyl groups is 1. The van der Waals surface area contributed by atoms with Gasteiger partial charge in [-0.1, -0.05) is 0 Å². The number of aliphatic hydroxyl groups excluding tert-OH is 1. The average Bonchev–Trinajstić information content (AvgIpc) is 2.80. The Morgan fingerprint density at radius 3 is 2.58 bits per heavy atom. The van der Waals surface area contributed by atoms with Crippen molar-refractivity contribution in [2.75, 3.05) is 0 Å². The van der Waals surface area contributed by atoms with Crippen molar-refractivity contribution in [2.24, 2.45) is 0 Å². The van der Waals surface area contributed by atoms with E-state index in [0.717, 1.165) is 0 Å². The second-order valence-corrected chi connectivity index (χ2v) is 4.07. The summed E-state index contributed by atoms with van der Waals surface area (Å²) in [7, 11) is 0. The van der Waals surface area contributed by atoms with E-state index in [0.29, 0.717) is 16.8 Å². The van der Waals surface area contributed by atoms with Crippen molar-refractivity contribution < 1.29 is 19.4 Å². The van der Waals surface area contributed by atoms with E-state index >= 15 is 0 Å². The Morgan fingerprint density at radius 2 is 2.00 bits per heavy atom. The van der Waals surface area contributed by atoms with Gasteiger partial charge in [-0.3, -0.25) is 9.48 Å². The summed E-state index contributed by atoms with van der Waals surface area (Å²) in [5.74, 6) is -1.26. The molecule has 0 fully saturated rings. The van der Waals surface area contributed by atoms with Gasteiger partial charge < -0.3 is 10.2 Å². The Morgan fingerprint density at radius 1 is 1.32 bits per heavy atom. The SMILES string of the molecule is O=C(O)CCn1cc(CO)c(-c2ccc(F)cc2)n1. The molecule has 0 radical (unpaired) electrons. The first-order chi connectivity index (χ1) is 9.10. The Hall–Kier alpha value is -2.21. The molecule has 0 saturated carbocycles. The van der Waals surface area contributed by atoms with E-state index in [1.54, 1.807) is 18.3 Å². The smallest absolute Gasteiger partial charge is 0.305 e. The van der Waals surface area contributed by atoms with E-state index < -0.39 is 5.97 Å². The van der Waals surface area contributed by atoms with Gasteiger partial charge in [0.15, 0.2) is 0 Å². The van der Waals surface area contributed by atoms with Gasteiger partial charge in [0.25, 0.3) is 0 Å². The summed E-state index contributed by atoms with van der Waals surface area (Å²) >= 11 is 0. The maximum absolute atomic E-state index is 12.9. The maximum Gasteiger partial charge on any atom is 0.305 e. The van der Waals surface area contributed by atoms with Crippen LogP contribution in [-0.2, 0) is 17.9 Å². The monoisotopic (exact) mass is 264 g/mol. The summed E-state index contributed by atoms with van der Waals surface area (Å²) in [5, 5.41) is 22.1. The summed E-state index contributed by atoms with van der Waals surface area (Å²) in [5.41, 5.74) is 1.80. The lowest BCUT2D eigenvalue weighted by molar-refractivity contribution is -0.137. The largest absolute Gasteiger partial charge is 0.481 e. The lowest BCUT2D eigenvalue weighted by atomic mass is 10.1. The van der Waals surface area contributed by atoms with Crippen LogP contribution in [0.1, 0.15) is 12.0 Å². The molecule has 0 amide bonds. The molecule has 0 aliphatic carbocycles. The predicted molar refractivity (Wildman–Crippen MR) is 65.8 cm³/mol. The summed E-state index contributed by atoms with van der Waals surface area (Å²) in [6.07, 6.45) is 1.55. The molecule has 0 unspecified atom stereocenters. The van der Waals surface area contributed by atoms with Crippen molar-refractivity contribution in [1.29, 1.82) is 0 Å². The molecule has 0 aliphatic heterocycles. The van der Waals surface area contributed by atoms with E-state index in [9.17, 15) is 14.3 Å². The normalized spacial score (nSPS) is 10.6. The van der Waals surface area contributed by atoms with Crippen LogP contribution < -0.4 is 0 Å². The van der Waals surface area contributed by atoms with Crippen molar-refractivity contribution in [3.05, 3.63) is 41.8 Å². The number of nitrogens with zero attached hydrogens (tertiary/aromatic N) is 2. The lowest BCUT2D eigenvalue weighted by Gasteiger charge is -1.99. The quantitative estimate of drug-likeness (QED) is 0.861. The molecule has 1 aromatic carbocycles. The summed E-state index contributed by atoms with van der Waals surface area (Å²) < 4.78 is 14.3. The molecule has 0 atom stereocenters. The summed E-state index contributed by atoms with van der Waals surface area (Å²) in [6, 6.07) is 5.76. The molecule has 1 aromatic heterocycles. The Labute approximate surface area is 108 Å². The number of aliphatic carboxylic acids is 1. The molecule has 6 heteroatoms. The Balaban J connectivity index is 2.28. The minimum atomic E-state index is -0.913. The fourth-order valence-electron chi connectivity index (χ4n) is 1.75. The second-order valence-electron chi connectivity index (χ2n) is 4.07. The predicted octanol–water partition coefficient (Wildman–Crippen LogP) is 1.66. The van der Waals surface area contributed by atoms with Gasteiger partial charge in [-0.05, 0) is 24.3 Å². The van der Waals surface area contributed by atoms with Crippen LogP contribution in [0.4, 0.5) is 4.39 Å². The van der Waals surface area contributed by atoms with E-state index in [1.807, 2.05) is 0 Å². The molecular weight excluding hydrogens is 251 g/mol. The first-order valence-electron chi connectivity index (χ1n) is 5.75. The number of hydrogen-bond donors (Lipinski definition) is 2. The van der Waals surface area contributed by atoms with Crippen LogP contribution in [0.15, 0.2) is 30.5 Å². The first-order valence-corrected chi connectivity index (χ1v) is 5.75. The molecule has 2 rings (SSSR count). The number of hydrogen-bond acceptors (Lipinski definition) is 3. The molecule has 2 aromatic rings. The van der Waals surface area contributed by atoms with Crippen molar-refractivity contribution >= 4 is 5.97 Å². The van der Waals surface area contributed by atoms with Gasteiger partial charge in [-0.2, -0.15) is 5.10 Å². The lowest BCUT2D eigenvalue weighted by Crippen LogP contribution is -2.04. The highest BCUT2D eigenvalue weighted by Gasteiger charge is 2.11. The topological polar surface area (TPSA) is 75.3 Å². The van der Waals surface area contributed by atoms with Gasteiger partial charge >= 0.3 is 5.97 Å². The second kappa shape index (κ2) is 5.62. The zero-order chi connectivity index (χ0) is 13.8. The van der Waals surface area contributed by atoms with Crippen molar-refractivity contribution in [2.45, 2.75) is 19.6 Å². The van der Waals surface area contributed by atoms with Crippen molar-refractivity contribution in [3.63, 3.8) is 0 Å². The minimum absolute atomic E-state index is 0.0462. The molecule has 100 valence electrons. The molecular formula is C13H13FN2O3. The summed E-state index contributed by atoms with van der Waals surface area (Å²) in [6.45, 7) is 0.0172. The number of carboxylic acid groups (broad SMARTS) is 1. The maximum atomic E-state index is 12.9. The van der Waals surface area contributed by atoms with Gasteiger partial charge in [-0.25, -0.2) is 4.39 Å². The van der Waals surface area contributed by atoms with E-state index in [1.165, 1.54) is 16.8 Å². The number of halogens is 1. The van der Waals surface area contributed by atoms with Crippen LogP contribution in [0.25, 0.3) is 11.3 Å². The fourth-order valence-corrected chi connectivity index (χ4v) is 1.75.